The molecule has 3 rings (SSSR count). The van der Waals surface area contributed by atoms with Gasteiger partial charge in [-0.2, -0.15) is 5.10 Å². The molecule has 0 bridgehead atoms. The predicted octanol–water partition coefficient (Wildman–Crippen LogP) is 2.29. The normalized spacial score (nSPS) is 25.8. The number of aliphatic hydroxyl groups is 1. The van der Waals surface area contributed by atoms with Gasteiger partial charge in [0.05, 0.1) is 6.54 Å². The van der Waals surface area contributed by atoms with Crippen LogP contribution in [0.4, 0.5) is 0 Å². The highest BCUT2D eigenvalue weighted by Crippen LogP contribution is 2.34. The highest BCUT2D eigenvalue weighted by molar-refractivity contribution is 6.30. The Morgan fingerprint density at radius 3 is 2.90 bits per heavy atom. The smallest absolute Gasteiger partial charge is 0.137 e. The summed E-state index contributed by atoms with van der Waals surface area (Å²) in [5.41, 5.74) is -0.909. The van der Waals surface area contributed by atoms with E-state index in [1.165, 1.54) is 6.33 Å². The number of benzene rings is 1. The Labute approximate surface area is 122 Å². The number of hydrogen-bond acceptors (Lipinski definition) is 4. The molecule has 20 heavy (non-hydrogen) atoms. The van der Waals surface area contributed by atoms with E-state index in [1.807, 2.05) is 12.1 Å². The maximum atomic E-state index is 10.8. The van der Waals surface area contributed by atoms with Crippen molar-refractivity contribution in [3.8, 4) is 5.75 Å². The van der Waals surface area contributed by atoms with Crippen LogP contribution in [0.1, 0.15) is 19.3 Å². The lowest BCUT2D eigenvalue weighted by atomic mass is 10.00. The average Bonchev–Trinajstić information content (AvgIpc) is 3.04. The summed E-state index contributed by atoms with van der Waals surface area (Å²) >= 11 is 5.86. The van der Waals surface area contributed by atoms with E-state index >= 15 is 0 Å². The number of ether oxygens (including phenoxy) is 1. The largest absolute Gasteiger partial charge is 0.487 e. The van der Waals surface area contributed by atoms with E-state index < -0.39 is 5.60 Å². The summed E-state index contributed by atoms with van der Waals surface area (Å²) in [6.07, 6.45) is 5.29. The van der Waals surface area contributed by atoms with E-state index in [9.17, 15) is 5.11 Å². The minimum atomic E-state index is -0.909. The fourth-order valence-corrected chi connectivity index (χ4v) is 2.77. The van der Waals surface area contributed by atoms with Crippen molar-refractivity contribution in [3.05, 3.63) is 41.9 Å². The molecule has 1 aromatic carbocycles. The quantitative estimate of drug-likeness (QED) is 0.939. The summed E-state index contributed by atoms with van der Waals surface area (Å²) < 4.78 is 7.57. The maximum Gasteiger partial charge on any atom is 0.137 e. The molecule has 1 aliphatic carbocycles. The van der Waals surface area contributed by atoms with Crippen molar-refractivity contribution in [3.63, 3.8) is 0 Å². The molecule has 0 saturated heterocycles. The van der Waals surface area contributed by atoms with Crippen molar-refractivity contribution in [1.82, 2.24) is 14.8 Å². The molecule has 2 aromatic rings. The minimum absolute atomic E-state index is 0.243. The second kappa shape index (κ2) is 5.42. The van der Waals surface area contributed by atoms with Gasteiger partial charge in [-0.3, -0.25) is 0 Å². The van der Waals surface area contributed by atoms with Crippen LogP contribution >= 0.6 is 11.6 Å². The number of hydrogen-bond donors (Lipinski definition) is 1. The number of halogens is 1. The van der Waals surface area contributed by atoms with Gasteiger partial charge in [-0.25, -0.2) is 9.67 Å². The van der Waals surface area contributed by atoms with Gasteiger partial charge in [-0.05, 0) is 43.5 Å². The molecule has 1 aromatic heterocycles. The summed E-state index contributed by atoms with van der Waals surface area (Å²) in [6.45, 7) is 0.394. The van der Waals surface area contributed by atoms with Crippen LogP contribution in [0.5, 0.6) is 5.75 Å². The van der Waals surface area contributed by atoms with Gasteiger partial charge in [-0.1, -0.05) is 11.6 Å². The van der Waals surface area contributed by atoms with Gasteiger partial charge < -0.3 is 9.84 Å². The molecule has 0 amide bonds. The van der Waals surface area contributed by atoms with Crippen LogP contribution in [0.15, 0.2) is 36.9 Å². The lowest BCUT2D eigenvalue weighted by Gasteiger charge is -2.30. The summed E-state index contributed by atoms with van der Waals surface area (Å²) in [7, 11) is 0. The first-order valence-corrected chi connectivity index (χ1v) is 7.00. The lowest BCUT2D eigenvalue weighted by Crippen LogP contribution is -2.45. The third-order valence-electron chi connectivity index (χ3n) is 3.67. The van der Waals surface area contributed by atoms with Crippen molar-refractivity contribution in [2.45, 2.75) is 37.5 Å². The Morgan fingerprint density at radius 1 is 1.40 bits per heavy atom. The Hall–Kier alpha value is -1.59. The number of rotatable bonds is 4. The van der Waals surface area contributed by atoms with Crippen LogP contribution in [0.3, 0.4) is 0 Å². The van der Waals surface area contributed by atoms with Crippen molar-refractivity contribution in [1.29, 1.82) is 0 Å². The van der Waals surface area contributed by atoms with Gasteiger partial charge in [-0.15, -0.1) is 0 Å². The number of aromatic nitrogens is 3. The highest BCUT2D eigenvalue weighted by Gasteiger charge is 2.43. The molecule has 1 heterocycles. The fraction of sp³-hybridized carbons (Fsp3) is 0.429. The third kappa shape index (κ3) is 2.78. The highest BCUT2D eigenvalue weighted by atomic mass is 35.5. The molecule has 1 N–H and O–H groups in total. The zero-order chi connectivity index (χ0) is 14.0. The van der Waals surface area contributed by atoms with Crippen molar-refractivity contribution in [2.75, 3.05) is 0 Å². The van der Waals surface area contributed by atoms with Crippen LogP contribution < -0.4 is 4.74 Å². The van der Waals surface area contributed by atoms with Crippen molar-refractivity contribution >= 4 is 11.6 Å². The first-order chi connectivity index (χ1) is 9.66. The van der Waals surface area contributed by atoms with E-state index in [0.29, 0.717) is 18.0 Å². The zero-order valence-electron chi connectivity index (χ0n) is 10.9. The van der Waals surface area contributed by atoms with E-state index in [0.717, 1.165) is 18.6 Å². The second-order valence-corrected chi connectivity index (χ2v) is 5.59. The molecular weight excluding hydrogens is 278 g/mol. The molecule has 106 valence electrons. The molecule has 1 aliphatic rings. The van der Waals surface area contributed by atoms with Gasteiger partial charge in [0.2, 0.25) is 0 Å². The Balaban J connectivity index is 1.73. The summed E-state index contributed by atoms with van der Waals surface area (Å²) in [5, 5.41) is 15.5. The van der Waals surface area contributed by atoms with E-state index in [1.54, 1.807) is 23.1 Å². The first kappa shape index (κ1) is 13.4. The number of nitrogens with zero attached hydrogens (tertiary/aromatic N) is 3. The summed E-state index contributed by atoms with van der Waals surface area (Å²) in [6, 6.07) is 7.19. The predicted molar refractivity (Wildman–Crippen MR) is 74.7 cm³/mol. The molecule has 0 spiro atoms. The Morgan fingerprint density at radius 2 is 2.20 bits per heavy atom. The summed E-state index contributed by atoms with van der Waals surface area (Å²) in [4.78, 5) is 3.90. The molecule has 1 saturated carbocycles. The molecule has 1 fully saturated rings. The molecule has 0 aliphatic heterocycles. The standard InChI is InChI=1S/C14H16ClN3O2/c15-11-3-5-12(6-4-11)20-13-2-1-7-14(13,19)8-18-10-16-9-17-18/h3-6,9-10,13,19H,1-2,7-8H2. The average molecular weight is 294 g/mol. The molecule has 2 atom stereocenters. The van der Waals surface area contributed by atoms with Gasteiger partial charge in [0.15, 0.2) is 0 Å². The van der Waals surface area contributed by atoms with Gasteiger partial charge in [0, 0.05) is 5.02 Å². The van der Waals surface area contributed by atoms with Crippen molar-refractivity contribution in [2.24, 2.45) is 0 Å². The third-order valence-corrected chi connectivity index (χ3v) is 3.92. The second-order valence-electron chi connectivity index (χ2n) is 5.15. The SMILES string of the molecule is OC1(Cn2cncn2)CCCC1Oc1ccc(Cl)cc1. The molecule has 0 radical (unpaired) electrons. The lowest BCUT2D eigenvalue weighted by molar-refractivity contribution is -0.0545. The Bertz CT molecular complexity index is 558. The minimum Gasteiger partial charge on any atom is -0.487 e. The van der Waals surface area contributed by atoms with E-state index in [2.05, 4.69) is 10.1 Å². The van der Waals surface area contributed by atoms with Crippen LogP contribution in [-0.4, -0.2) is 31.6 Å². The fourth-order valence-electron chi connectivity index (χ4n) is 2.65. The van der Waals surface area contributed by atoms with Crippen LogP contribution in [0, 0.1) is 0 Å². The molecule has 5 nitrogen and oxygen atoms in total. The van der Waals surface area contributed by atoms with Gasteiger partial charge in [0.25, 0.3) is 0 Å². The van der Waals surface area contributed by atoms with Crippen molar-refractivity contribution < 1.29 is 9.84 Å². The van der Waals surface area contributed by atoms with Crippen LogP contribution in [-0.2, 0) is 6.54 Å². The molecular formula is C14H16ClN3O2. The monoisotopic (exact) mass is 293 g/mol. The topological polar surface area (TPSA) is 60.2 Å². The van der Waals surface area contributed by atoms with E-state index in [-0.39, 0.29) is 6.10 Å². The Kier molecular flexibility index (Phi) is 3.63. The first-order valence-electron chi connectivity index (χ1n) is 6.63. The van der Waals surface area contributed by atoms with Crippen LogP contribution in [0.2, 0.25) is 5.02 Å². The molecule has 6 heteroatoms. The summed E-state index contributed by atoms with van der Waals surface area (Å²) in [5.74, 6) is 0.721. The van der Waals surface area contributed by atoms with Gasteiger partial charge in [0.1, 0.15) is 30.1 Å². The maximum absolute atomic E-state index is 10.8. The van der Waals surface area contributed by atoms with Crippen LogP contribution in [0.25, 0.3) is 0 Å². The zero-order valence-corrected chi connectivity index (χ0v) is 11.7. The van der Waals surface area contributed by atoms with Gasteiger partial charge >= 0.3 is 0 Å². The molecule has 2 unspecified atom stereocenters. The van der Waals surface area contributed by atoms with E-state index in [4.69, 9.17) is 16.3 Å².